The highest BCUT2D eigenvalue weighted by molar-refractivity contribution is 7.54. The van der Waals surface area contributed by atoms with Gasteiger partial charge in [0.05, 0.1) is 13.2 Å². The number of carbonyl (C=O) groups is 1. The molecule has 1 aromatic carbocycles. The van der Waals surface area contributed by atoms with Gasteiger partial charge in [-0.25, -0.2) is 0 Å². The quantitative estimate of drug-likeness (QED) is 0.652. The molecule has 0 bridgehead atoms. The van der Waals surface area contributed by atoms with Crippen LogP contribution in [0.15, 0.2) is 30.3 Å². The monoisotopic (exact) mass is 284 g/mol. The Morgan fingerprint density at radius 1 is 1.11 bits per heavy atom. The molecule has 0 aliphatic rings. The van der Waals surface area contributed by atoms with Crippen LogP contribution in [0.25, 0.3) is 0 Å². The van der Waals surface area contributed by atoms with Crippen molar-refractivity contribution in [3.8, 4) is 0 Å². The minimum Gasteiger partial charge on any atom is -0.309 e. The lowest BCUT2D eigenvalue weighted by Gasteiger charge is -2.16. The van der Waals surface area contributed by atoms with Crippen LogP contribution >= 0.6 is 7.60 Å². The lowest BCUT2D eigenvalue weighted by molar-refractivity contribution is -0.116. The summed E-state index contributed by atoms with van der Waals surface area (Å²) in [6.07, 6.45) is 0.869. The fraction of sp³-hybridized carbons (Fsp3) is 0.500. The average molecular weight is 284 g/mol. The van der Waals surface area contributed by atoms with Gasteiger partial charge in [-0.2, -0.15) is 0 Å². The summed E-state index contributed by atoms with van der Waals surface area (Å²) in [4.78, 5) is 11.8. The number of carbonyl (C=O) groups excluding carboxylic acids is 1. The van der Waals surface area contributed by atoms with E-state index in [4.69, 9.17) is 9.05 Å². The molecule has 5 heteroatoms. The molecule has 0 unspecified atom stereocenters. The maximum absolute atomic E-state index is 12.2. The van der Waals surface area contributed by atoms with Crippen molar-refractivity contribution in [1.82, 2.24) is 0 Å². The highest BCUT2D eigenvalue weighted by Crippen LogP contribution is 2.47. The van der Waals surface area contributed by atoms with Gasteiger partial charge in [-0.15, -0.1) is 0 Å². The largest absolute Gasteiger partial charge is 0.338 e. The molecule has 0 amide bonds. The van der Waals surface area contributed by atoms with E-state index in [2.05, 4.69) is 0 Å². The molecule has 1 aromatic rings. The van der Waals surface area contributed by atoms with Gasteiger partial charge in [0.1, 0.15) is 11.9 Å². The number of hydrogen-bond donors (Lipinski definition) is 0. The van der Waals surface area contributed by atoms with Crippen LogP contribution in [0.2, 0.25) is 0 Å². The zero-order valence-electron chi connectivity index (χ0n) is 11.5. The summed E-state index contributed by atoms with van der Waals surface area (Å²) >= 11 is 0. The molecule has 0 aromatic heterocycles. The molecule has 0 N–H and O–H groups in total. The first-order chi connectivity index (χ1) is 9.09. The molecule has 0 atom stereocenters. The van der Waals surface area contributed by atoms with Gasteiger partial charge < -0.3 is 9.05 Å². The number of hydrogen-bond acceptors (Lipinski definition) is 4. The van der Waals surface area contributed by atoms with E-state index in [0.29, 0.717) is 12.8 Å². The Bertz CT molecular complexity index is 420. The summed E-state index contributed by atoms with van der Waals surface area (Å²) in [6, 6.07) is 9.75. The van der Waals surface area contributed by atoms with Gasteiger partial charge in [0.25, 0.3) is 0 Å². The first-order valence-electron chi connectivity index (χ1n) is 6.53. The van der Waals surface area contributed by atoms with Crippen molar-refractivity contribution in [2.75, 3.05) is 19.4 Å². The predicted molar refractivity (Wildman–Crippen MR) is 75.5 cm³/mol. The number of Topliss-reactive ketones (excluding diaryl/α,β-unsaturated/α-hetero) is 1. The van der Waals surface area contributed by atoms with Gasteiger partial charge >= 0.3 is 7.60 Å². The Morgan fingerprint density at radius 2 is 1.68 bits per heavy atom. The highest BCUT2D eigenvalue weighted by atomic mass is 31.2. The van der Waals surface area contributed by atoms with Crippen LogP contribution < -0.4 is 0 Å². The number of ketones is 1. The second-order valence-corrected chi connectivity index (χ2v) is 6.18. The van der Waals surface area contributed by atoms with Crippen molar-refractivity contribution in [1.29, 1.82) is 0 Å². The lowest BCUT2D eigenvalue weighted by Crippen LogP contribution is -2.10. The molecule has 0 saturated heterocycles. The molecule has 0 radical (unpaired) electrons. The Kier molecular flexibility index (Phi) is 7.00. The molecule has 4 nitrogen and oxygen atoms in total. The van der Waals surface area contributed by atoms with E-state index < -0.39 is 7.60 Å². The van der Waals surface area contributed by atoms with E-state index in [0.717, 1.165) is 5.56 Å². The standard InChI is InChI=1S/C14H21O4P/c1-3-17-19(16,18-4-2)12-14(15)11-10-13-8-6-5-7-9-13/h5-9H,3-4,10-12H2,1-2H3. The summed E-state index contributed by atoms with van der Waals surface area (Å²) in [7, 11) is -3.25. The minimum absolute atomic E-state index is 0.0888. The van der Waals surface area contributed by atoms with Gasteiger partial charge in [-0.3, -0.25) is 9.36 Å². The van der Waals surface area contributed by atoms with Crippen LogP contribution in [0.1, 0.15) is 25.8 Å². The SMILES string of the molecule is CCOP(=O)(CC(=O)CCc1ccccc1)OCC. The zero-order valence-corrected chi connectivity index (χ0v) is 12.4. The molecule has 0 saturated carbocycles. The van der Waals surface area contributed by atoms with Crippen molar-refractivity contribution in [2.24, 2.45) is 0 Å². The first-order valence-corrected chi connectivity index (χ1v) is 8.26. The van der Waals surface area contributed by atoms with Crippen LogP contribution in [0, 0.1) is 0 Å². The van der Waals surface area contributed by atoms with Gasteiger partial charge in [-0.05, 0) is 25.8 Å². The highest BCUT2D eigenvalue weighted by Gasteiger charge is 2.26. The van der Waals surface area contributed by atoms with Crippen molar-refractivity contribution < 1.29 is 18.4 Å². The summed E-state index contributed by atoms with van der Waals surface area (Å²) in [6.45, 7) is 4.03. The van der Waals surface area contributed by atoms with Crippen molar-refractivity contribution in [2.45, 2.75) is 26.7 Å². The topological polar surface area (TPSA) is 52.6 Å². The smallest absolute Gasteiger partial charge is 0.309 e. The van der Waals surface area contributed by atoms with Crippen LogP contribution in [0.4, 0.5) is 0 Å². The fourth-order valence-electron chi connectivity index (χ4n) is 1.75. The Balaban J connectivity index is 2.47. The van der Waals surface area contributed by atoms with Crippen LogP contribution in [-0.2, 0) is 24.8 Å². The van der Waals surface area contributed by atoms with E-state index in [9.17, 15) is 9.36 Å². The second-order valence-electron chi connectivity index (χ2n) is 4.13. The van der Waals surface area contributed by atoms with E-state index in [1.807, 2.05) is 30.3 Å². The summed E-state index contributed by atoms with van der Waals surface area (Å²) in [5.74, 6) is -0.0888. The fourth-order valence-corrected chi connectivity index (χ4v) is 3.38. The molecule has 0 spiro atoms. The third kappa shape index (κ3) is 6.15. The summed E-state index contributed by atoms with van der Waals surface area (Å²) < 4.78 is 22.4. The van der Waals surface area contributed by atoms with E-state index in [1.165, 1.54) is 0 Å². The predicted octanol–water partition coefficient (Wildman–Crippen LogP) is 3.45. The van der Waals surface area contributed by atoms with Crippen LogP contribution in [0.5, 0.6) is 0 Å². The molecule has 1 rings (SSSR count). The van der Waals surface area contributed by atoms with Crippen LogP contribution in [-0.4, -0.2) is 25.2 Å². The molecular weight excluding hydrogens is 263 g/mol. The molecule has 0 aliphatic carbocycles. The lowest BCUT2D eigenvalue weighted by atomic mass is 10.1. The summed E-state index contributed by atoms with van der Waals surface area (Å²) in [5.41, 5.74) is 1.10. The van der Waals surface area contributed by atoms with Gasteiger partial charge in [0.15, 0.2) is 0 Å². The molecule has 0 fully saturated rings. The normalized spacial score (nSPS) is 11.5. The summed E-state index contributed by atoms with van der Waals surface area (Å²) in [5, 5.41) is 0. The number of rotatable bonds is 9. The maximum atomic E-state index is 12.2. The molecule has 0 aliphatic heterocycles. The van der Waals surface area contributed by atoms with Crippen molar-refractivity contribution >= 4 is 13.4 Å². The van der Waals surface area contributed by atoms with Gasteiger partial charge in [0.2, 0.25) is 0 Å². The number of aryl methyl sites for hydroxylation is 1. The first kappa shape index (κ1) is 16.1. The van der Waals surface area contributed by atoms with Gasteiger partial charge in [0, 0.05) is 6.42 Å². The van der Waals surface area contributed by atoms with Crippen molar-refractivity contribution in [3.63, 3.8) is 0 Å². The average Bonchev–Trinajstić information content (AvgIpc) is 2.38. The van der Waals surface area contributed by atoms with Gasteiger partial charge in [-0.1, -0.05) is 30.3 Å². The van der Waals surface area contributed by atoms with E-state index >= 15 is 0 Å². The molecule has 19 heavy (non-hydrogen) atoms. The Morgan fingerprint density at radius 3 is 2.21 bits per heavy atom. The third-order valence-electron chi connectivity index (χ3n) is 2.56. The Hall–Kier alpha value is -0.960. The van der Waals surface area contributed by atoms with E-state index in [1.54, 1.807) is 13.8 Å². The number of benzene rings is 1. The third-order valence-corrected chi connectivity index (χ3v) is 4.60. The maximum Gasteiger partial charge on any atom is 0.338 e. The zero-order chi connectivity index (χ0) is 14.1. The minimum atomic E-state index is -3.25. The Labute approximate surface area is 114 Å². The molecule has 0 heterocycles. The second kappa shape index (κ2) is 8.26. The molecular formula is C14H21O4P. The van der Waals surface area contributed by atoms with E-state index in [-0.39, 0.29) is 25.2 Å². The van der Waals surface area contributed by atoms with Crippen molar-refractivity contribution in [3.05, 3.63) is 35.9 Å². The van der Waals surface area contributed by atoms with Crippen LogP contribution in [0.3, 0.4) is 0 Å². The molecule has 106 valence electrons.